The molecule has 146 valence electrons. The number of aryl methyl sites for hydroxylation is 1. The number of aromatic amines is 2. The van der Waals surface area contributed by atoms with Crippen molar-refractivity contribution in [1.29, 1.82) is 0 Å². The van der Waals surface area contributed by atoms with Gasteiger partial charge >= 0.3 is 0 Å². The Kier molecular flexibility index (Phi) is 4.17. The quantitative estimate of drug-likeness (QED) is 0.417. The lowest BCUT2D eigenvalue weighted by atomic mass is 10.0. The fourth-order valence-electron chi connectivity index (χ4n) is 3.62. The minimum atomic E-state index is -0.216. The minimum Gasteiger partial charge on any atom is -0.351 e. The lowest BCUT2D eigenvalue weighted by Gasteiger charge is -2.07. The van der Waals surface area contributed by atoms with Gasteiger partial charge in [0, 0.05) is 27.5 Å². The van der Waals surface area contributed by atoms with Gasteiger partial charge in [-0.1, -0.05) is 42.0 Å². The smallest absolute Gasteiger partial charge is 0.272 e. The molecule has 0 unspecified atom stereocenters. The maximum Gasteiger partial charge on any atom is 0.272 e. The monoisotopic (exact) mass is 394 g/mol. The molecule has 0 saturated heterocycles. The standard InChI is InChI=1S/C24H18N4O2/c1-14-6-11-20-16(12-14)13-21(26-20)24(30)25-17-9-7-15(8-10-17)22-18-4-2-3-5-19(18)23(29)28-27-22/h2-13,26H,1H3,(H,25,30)(H,28,29). The van der Waals surface area contributed by atoms with Crippen molar-refractivity contribution < 1.29 is 4.79 Å². The predicted molar refractivity (Wildman–Crippen MR) is 119 cm³/mol. The Bertz CT molecular complexity index is 1460. The van der Waals surface area contributed by atoms with Gasteiger partial charge in [0.25, 0.3) is 11.5 Å². The lowest BCUT2D eigenvalue weighted by Crippen LogP contribution is -2.12. The summed E-state index contributed by atoms with van der Waals surface area (Å²) in [6.45, 7) is 2.02. The first-order valence-electron chi connectivity index (χ1n) is 9.57. The minimum absolute atomic E-state index is 0.204. The molecule has 3 N–H and O–H groups in total. The van der Waals surface area contributed by atoms with Crippen molar-refractivity contribution in [2.75, 3.05) is 5.32 Å². The molecular weight excluding hydrogens is 376 g/mol. The van der Waals surface area contributed by atoms with Crippen molar-refractivity contribution >= 4 is 33.3 Å². The summed E-state index contributed by atoms with van der Waals surface area (Å²) in [6, 6.07) is 22.6. The van der Waals surface area contributed by atoms with Gasteiger partial charge < -0.3 is 10.3 Å². The second-order valence-electron chi connectivity index (χ2n) is 7.25. The molecule has 0 atom stereocenters. The van der Waals surface area contributed by atoms with Gasteiger partial charge in [-0.15, -0.1) is 0 Å². The van der Waals surface area contributed by atoms with Crippen LogP contribution in [0.4, 0.5) is 5.69 Å². The van der Waals surface area contributed by atoms with Crippen LogP contribution in [0.1, 0.15) is 16.1 Å². The molecule has 1 amide bonds. The summed E-state index contributed by atoms with van der Waals surface area (Å²) < 4.78 is 0. The van der Waals surface area contributed by atoms with Crippen LogP contribution in [0.3, 0.4) is 0 Å². The number of nitrogens with zero attached hydrogens (tertiary/aromatic N) is 1. The van der Waals surface area contributed by atoms with Crippen LogP contribution in [0, 0.1) is 6.92 Å². The molecule has 5 rings (SSSR count). The molecule has 0 aliphatic carbocycles. The molecule has 3 aromatic carbocycles. The summed E-state index contributed by atoms with van der Waals surface area (Å²) >= 11 is 0. The fourth-order valence-corrected chi connectivity index (χ4v) is 3.62. The third kappa shape index (κ3) is 3.14. The van der Waals surface area contributed by atoms with E-state index in [1.807, 2.05) is 73.7 Å². The zero-order valence-electron chi connectivity index (χ0n) is 16.2. The normalized spacial score (nSPS) is 11.1. The van der Waals surface area contributed by atoms with Crippen LogP contribution in [-0.4, -0.2) is 21.1 Å². The molecule has 6 heteroatoms. The highest BCUT2D eigenvalue weighted by molar-refractivity contribution is 6.06. The van der Waals surface area contributed by atoms with Gasteiger partial charge in [0.15, 0.2) is 0 Å². The number of hydrogen-bond donors (Lipinski definition) is 3. The molecule has 0 fully saturated rings. The Morgan fingerprint density at radius 2 is 1.70 bits per heavy atom. The second-order valence-corrected chi connectivity index (χ2v) is 7.25. The molecule has 30 heavy (non-hydrogen) atoms. The first-order chi connectivity index (χ1) is 14.6. The number of H-pyrrole nitrogens is 2. The van der Waals surface area contributed by atoms with E-state index in [2.05, 4.69) is 20.5 Å². The van der Waals surface area contributed by atoms with Crippen LogP contribution in [0.5, 0.6) is 0 Å². The van der Waals surface area contributed by atoms with Gasteiger partial charge in [-0.3, -0.25) is 9.59 Å². The highest BCUT2D eigenvalue weighted by atomic mass is 16.2. The number of nitrogens with one attached hydrogen (secondary N) is 3. The van der Waals surface area contributed by atoms with E-state index < -0.39 is 0 Å². The summed E-state index contributed by atoms with van der Waals surface area (Å²) in [5, 5.41) is 12.1. The number of carbonyl (C=O) groups is 1. The second kappa shape index (κ2) is 7.00. The molecule has 0 saturated carbocycles. The van der Waals surface area contributed by atoms with Gasteiger partial charge in [-0.2, -0.15) is 5.10 Å². The Morgan fingerprint density at radius 3 is 2.50 bits per heavy atom. The van der Waals surface area contributed by atoms with E-state index in [0.29, 0.717) is 22.5 Å². The average molecular weight is 394 g/mol. The topological polar surface area (TPSA) is 90.6 Å². The molecule has 5 aromatic rings. The molecule has 2 heterocycles. The van der Waals surface area contributed by atoms with Crippen LogP contribution in [0.2, 0.25) is 0 Å². The SMILES string of the molecule is Cc1ccc2[nH]c(C(=O)Nc3ccc(-c4n[nH]c(=O)c5ccccc45)cc3)cc2c1. The van der Waals surface area contributed by atoms with Crippen molar-refractivity contribution in [2.24, 2.45) is 0 Å². The van der Waals surface area contributed by atoms with E-state index in [1.54, 1.807) is 6.07 Å². The average Bonchev–Trinajstić information content (AvgIpc) is 3.18. The molecule has 0 spiro atoms. The maximum atomic E-state index is 12.6. The largest absolute Gasteiger partial charge is 0.351 e. The fraction of sp³-hybridized carbons (Fsp3) is 0.0417. The maximum absolute atomic E-state index is 12.6. The van der Waals surface area contributed by atoms with Crippen molar-refractivity contribution in [2.45, 2.75) is 6.92 Å². The number of aromatic nitrogens is 3. The number of rotatable bonds is 3. The summed E-state index contributed by atoms with van der Waals surface area (Å²) in [6.07, 6.45) is 0. The number of hydrogen-bond acceptors (Lipinski definition) is 3. The van der Waals surface area contributed by atoms with Gasteiger partial charge in [-0.05, 0) is 43.3 Å². The van der Waals surface area contributed by atoms with Gasteiger partial charge in [0.05, 0.1) is 11.1 Å². The van der Waals surface area contributed by atoms with Crippen molar-refractivity contribution in [3.63, 3.8) is 0 Å². The van der Waals surface area contributed by atoms with Crippen LogP contribution in [0.15, 0.2) is 77.6 Å². The van der Waals surface area contributed by atoms with E-state index in [-0.39, 0.29) is 11.5 Å². The van der Waals surface area contributed by atoms with Crippen LogP contribution >= 0.6 is 0 Å². The first-order valence-corrected chi connectivity index (χ1v) is 9.57. The number of anilines is 1. The molecule has 2 aromatic heterocycles. The Morgan fingerprint density at radius 1 is 0.933 bits per heavy atom. The Labute approximate surface area is 171 Å². The number of carbonyl (C=O) groups excluding carboxylic acids is 1. The Balaban J connectivity index is 1.42. The molecular formula is C24H18N4O2. The van der Waals surface area contributed by atoms with Gasteiger partial charge in [-0.25, -0.2) is 5.10 Å². The first kappa shape index (κ1) is 17.9. The highest BCUT2D eigenvalue weighted by Crippen LogP contribution is 2.25. The molecule has 0 aliphatic rings. The number of amides is 1. The van der Waals surface area contributed by atoms with Crippen LogP contribution in [0.25, 0.3) is 32.9 Å². The summed E-state index contributed by atoms with van der Waals surface area (Å²) in [4.78, 5) is 27.8. The van der Waals surface area contributed by atoms with E-state index >= 15 is 0 Å². The lowest BCUT2D eigenvalue weighted by molar-refractivity contribution is 0.102. The van der Waals surface area contributed by atoms with E-state index in [9.17, 15) is 9.59 Å². The summed E-state index contributed by atoms with van der Waals surface area (Å²) in [5.41, 5.74) is 4.58. The van der Waals surface area contributed by atoms with Crippen LogP contribution in [-0.2, 0) is 0 Å². The van der Waals surface area contributed by atoms with Crippen LogP contribution < -0.4 is 10.9 Å². The van der Waals surface area contributed by atoms with E-state index in [4.69, 9.17) is 0 Å². The summed E-state index contributed by atoms with van der Waals surface area (Å²) in [5.74, 6) is -0.204. The molecule has 0 aliphatic heterocycles. The number of fused-ring (bicyclic) bond motifs is 2. The zero-order valence-corrected chi connectivity index (χ0v) is 16.2. The third-order valence-electron chi connectivity index (χ3n) is 5.13. The van der Waals surface area contributed by atoms with Crippen molar-refractivity contribution in [3.05, 3.63) is 94.4 Å². The van der Waals surface area contributed by atoms with Gasteiger partial charge in [0.1, 0.15) is 5.69 Å². The van der Waals surface area contributed by atoms with Crippen molar-refractivity contribution in [1.82, 2.24) is 15.2 Å². The highest BCUT2D eigenvalue weighted by Gasteiger charge is 2.11. The molecule has 0 bridgehead atoms. The number of benzene rings is 3. The predicted octanol–water partition coefficient (Wildman–Crippen LogP) is 4.63. The van der Waals surface area contributed by atoms with Crippen molar-refractivity contribution in [3.8, 4) is 11.3 Å². The van der Waals surface area contributed by atoms with E-state index in [1.165, 1.54) is 0 Å². The van der Waals surface area contributed by atoms with E-state index in [0.717, 1.165) is 27.4 Å². The molecule has 0 radical (unpaired) electrons. The zero-order chi connectivity index (χ0) is 20.7. The Hall–Kier alpha value is -4.19. The summed E-state index contributed by atoms with van der Waals surface area (Å²) in [7, 11) is 0. The molecule has 6 nitrogen and oxygen atoms in total. The third-order valence-corrected chi connectivity index (χ3v) is 5.13. The van der Waals surface area contributed by atoms with Gasteiger partial charge in [0.2, 0.25) is 0 Å².